The van der Waals surface area contributed by atoms with Crippen LogP contribution in [0.3, 0.4) is 0 Å². The van der Waals surface area contributed by atoms with Crippen LogP contribution >= 0.6 is 11.6 Å². The molecule has 3 aromatic rings. The van der Waals surface area contributed by atoms with Crippen LogP contribution < -0.4 is 4.74 Å². The highest BCUT2D eigenvalue weighted by Gasteiger charge is 2.25. The van der Waals surface area contributed by atoms with Gasteiger partial charge in [-0.2, -0.15) is 10.1 Å². The molecular weight excluding hydrogens is 342 g/mol. The SMILES string of the molecule is O=C(c1cnc2ncnn2c1)N1CCC(Oc2ccc(Cl)cc2)CC1. The molecule has 4 rings (SSSR count). The predicted molar refractivity (Wildman–Crippen MR) is 91.8 cm³/mol. The van der Waals surface area contributed by atoms with Crippen LogP contribution in [-0.2, 0) is 0 Å². The second-order valence-electron chi connectivity index (χ2n) is 5.91. The van der Waals surface area contributed by atoms with E-state index in [0.717, 1.165) is 18.6 Å². The van der Waals surface area contributed by atoms with Crippen molar-refractivity contribution in [3.63, 3.8) is 0 Å². The van der Waals surface area contributed by atoms with Crippen molar-refractivity contribution < 1.29 is 9.53 Å². The number of piperidine rings is 1. The monoisotopic (exact) mass is 357 g/mol. The maximum Gasteiger partial charge on any atom is 0.256 e. The Morgan fingerprint density at radius 3 is 2.68 bits per heavy atom. The number of nitrogens with zero attached hydrogens (tertiary/aromatic N) is 5. The first-order chi connectivity index (χ1) is 12.2. The number of ether oxygens (including phenoxy) is 1. The molecule has 0 atom stereocenters. The molecule has 7 nitrogen and oxygen atoms in total. The van der Waals surface area contributed by atoms with Gasteiger partial charge >= 0.3 is 0 Å². The van der Waals surface area contributed by atoms with Crippen LogP contribution in [0.25, 0.3) is 5.78 Å². The quantitative estimate of drug-likeness (QED) is 0.720. The number of amides is 1. The number of fused-ring (bicyclic) bond motifs is 1. The van der Waals surface area contributed by atoms with Gasteiger partial charge in [0.15, 0.2) is 0 Å². The van der Waals surface area contributed by atoms with E-state index in [1.54, 1.807) is 12.4 Å². The van der Waals surface area contributed by atoms with Gasteiger partial charge in [0.2, 0.25) is 0 Å². The van der Waals surface area contributed by atoms with Crippen LogP contribution in [0.4, 0.5) is 0 Å². The number of carbonyl (C=O) groups excluding carboxylic acids is 1. The molecule has 0 spiro atoms. The zero-order valence-corrected chi connectivity index (χ0v) is 14.1. The lowest BCUT2D eigenvalue weighted by atomic mass is 10.1. The van der Waals surface area contributed by atoms with E-state index < -0.39 is 0 Å². The molecule has 1 amide bonds. The summed E-state index contributed by atoms with van der Waals surface area (Å²) in [5.74, 6) is 1.23. The Hall–Kier alpha value is -2.67. The average molecular weight is 358 g/mol. The molecule has 0 saturated carbocycles. The topological polar surface area (TPSA) is 72.6 Å². The largest absolute Gasteiger partial charge is 0.490 e. The third-order valence-corrected chi connectivity index (χ3v) is 4.48. The Bertz CT molecular complexity index is 887. The first kappa shape index (κ1) is 15.8. The summed E-state index contributed by atoms with van der Waals surface area (Å²) in [6, 6.07) is 7.34. The lowest BCUT2D eigenvalue weighted by Crippen LogP contribution is -2.41. The highest BCUT2D eigenvalue weighted by molar-refractivity contribution is 6.30. The lowest BCUT2D eigenvalue weighted by Gasteiger charge is -2.32. The van der Waals surface area contributed by atoms with Gasteiger partial charge in [0.25, 0.3) is 11.7 Å². The maximum absolute atomic E-state index is 12.6. The molecule has 1 aliphatic heterocycles. The van der Waals surface area contributed by atoms with Crippen LogP contribution in [0.15, 0.2) is 43.0 Å². The van der Waals surface area contributed by atoms with Gasteiger partial charge in [0.05, 0.1) is 5.56 Å². The first-order valence-electron chi connectivity index (χ1n) is 8.06. The standard InChI is InChI=1S/C17H16ClN5O2/c18-13-1-3-14(4-2-13)25-15-5-7-22(8-6-15)16(24)12-9-19-17-20-11-21-23(17)10-12/h1-4,9-11,15H,5-8H2. The van der Waals surface area contributed by atoms with Gasteiger partial charge in [-0.25, -0.2) is 9.50 Å². The Morgan fingerprint density at radius 1 is 1.16 bits per heavy atom. The fourth-order valence-electron chi connectivity index (χ4n) is 2.90. The van der Waals surface area contributed by atoms with Gasteiger partial charge in [0, 0.05) is 43.3 Å². The minimum Gasteiger partial charge on any atom is -0.490 e. The van der Waals surface area contributed by atoms with Crippen LogP contribution in [0.2, 0.25) is 5.02 Å². The number of benzene rings is 1. The molecule has 3 heterocycles. The molecule has 1 saturated heterocycles. The minimum absolute atomic E-state index is 0.0464. The highest BCUT2D eigenvalue weighted by atomic mass is 35.5. The van der Waals surface area contributed by atoms with E-state index in [4.69, 9.17) is 16.3 Å². The molecule has 0 unspecified atom stereocenters. The van der Waals surface area contributed by atoms with Gasteiger partial charge in [-0.15, -0.1) is 0 Å². The second-order valence-corrected chi connectivity index (χ2v) is 6.35. The summed E-state index contributed by atoms with van der Waals surface area (Å²) in [4.78, 5) is 22.6. The third kappa shape index (κ3) is 3.41. The molecule has 25 heavy (non-hydrogen) atoms. The summed E-state index contributed by atoms with van der Waals surface area (Å²) in [6.45, 7) is 1.29. The summed E-state index contributed by atoms with van der Waals surface area (Å²) in [6.07, 6.45) is 6.29. The molecule has 1 fully saturated rings. The second kappa shape index (κ2) is 6.68. The van der Waals surface area contributed by atoms with Crippen molar-refractivity contribution in [2.75, 3.05) is 13.1 Å². The zero-order valence-electron chi connectivity index (χ0n) is 13.4. The molecule has 2 aromatic heterocycles. The Kier molecular flexibility index (Phi) is 4.23. The Balaban J connectivity index is 1.37. The molecule has 0 aliphatic carbocycles. The van der Waals surface area contributed by atoms with E-state index in [9.17, 15) is 4.79 Å². The number of carbonyl (C=O) groups is 1. The molecule has 0 bridgehead atoms. The summed E-state index contributed by atoms with van der Waals surface area (Å²) in [7, 11) is 0. The van der Waals surface area contributed by atoms with Crippen molar-refractivity contribution in [1.29, 1.82) is 0 Å². The molecule has 0 radical (unpaired) electrons. The summed E-state index contributed by atoms with van der Waals surface area (Å²) < 4.78 is 7.46. The van der Waals surface area contributed by atoms with Crippen molar-refractivity contribution in [3.05, 3.63) is 53.6 Å². The number of hydrogen-bond donors (Lipinski definition) is 0. The first-order valence-corrected chi connectivity index (χ1v) is 8.44. The highest BCUT2D eigenvalue weighted by Crippen LogP contribution is 2.21. The minimum atomic E-state index is -0.0464. The van der Waals surface area contributed by atoms with Crippen LogP contribution in [0.5, 0.6) is 5.75 Å². The number of likely N-dealkylation sites (tertiary alicyclic amines) is 1. The molecule has 0 N–H and O–H groups in total. The summed E-state index contributed by atoms with van der Waals surface area (Å²) in [5.41, 5.74) is 0.509. The van der Waals surface area contributed by atoms with Gasteiger partial charge in [-0.1, -0.05) is 11.6 Å². The fraction of sp³-hybridized carbons (Fsp3) is 0.294. The maximum atomic E-state index is 12.6. The van der Waals surface area contributed by atoms with Crippen LogP contribution in [-0.4, -0.2) is 49.6 Å². The fourth-order valence-corrected chi connectivity index (χ4v) is 3.02. The van der Waals surface area contributed by atoms with E-state index >= 15 is 0 Å². The Morgan fingerprint density at radius 2 is 1.92 bits per heavy atom. The molecule has 1 aromatic carbocycles. The van der Waals surface area contributed by atoms with Crippen molar-refractivity contribution >= 4 is 23.3 Å². The molecular formula is C17H16ClN5O2. The van der Waals surface area contributed by atoms with E-state index in [1.165, 1.54) is 10.8 Å². The number of halogens is 1. The zero-order chi connectivity index (χ0) is 17.2. The molecule has 1 aliphatic rings. The summed E-state index contributed by atoms with van der Waals surface area (Å²) >= 11 is 5.88. The summed E-state index contributed by atoms with van der Waals surface area (Å²) in [5, 5.41) is 4.70. The number of rotatable bonds is 3. The van der Waals surface area contributed by atoms with E-state index in [2.05, 4.69) is 15.1 Å². The van der Waals surface area contributed by atoms with Crippen LogP contribution in [0, 0.1) is 0 Å². The van der Waals surface area contributed by atoms with E-state index in [-0.39, 0.29) is 12.0 Å². The predicted octanol–water partition coefficient (Wildman–Crippen LogP) is 2.46. The van der Waals surface area contributed by atoms with Gasteiger partial charge in [-0.05, 0) is 24.3 Å². The van der Waals surface area contributed by atoms with Gasteiger partial charge in [0.1, 0.15) is 18.2 Å². The number of aromatic nitrogens is 4. The van der Waals surface area contributed by atoms with Crippen LogP contribution in [0.1, 0.15) is 23.2 Å². The van der Waals surface area contributed by atoms with Crippen molar-refractivity contribution in [2.24, 2.45) is 0 Å². The molecule has 128 valence electrons. The van der Waals surface area contributed by atoms with Gasteiger partial charge in [-0.3, -0.25) is 4.79 Å². The van der Waals surface area contributed by atoms with Crippen molar-refractivity contribution in [2.45, 2.75) is 18.9 Å². The van der Waals surface area contributed by atoms with Crippen molar-refractivity contribution in [3.8, 4) is 5.75 Å². The normalized spacial score (nSPS) is 15.5. The van der Waals surface area contributed by atoms with Gasteiger partial charge < -0.3 is 9.64 Å². The number of hydrogen-bond acceptors (Lipinski definition) is 5. The average Bonchev–Trinajstić information content (AvgIpc) is 3.11. The molecule has 8 heteroatoms. The van der Waals surface area contributed by atoms with E-state index in [1.807, 2.05) is 29.2 Å². The lowest BCUT2D eigenvalue weighted by molar-refractivity contribution is 0.0594. The smallest absolute Gasteiger partial charge is 0.256 e. The van der Waals surface area contributed by atoms with E-state index in [0.29, 0.717) is 29.5 Å². The Labute approximate surface area is 149 Å². The van der Waals surface area contributed by atoms with Crippen molar-refractivity contribution in [1.82, 2.24) is 24.5 Å². The third-order valence-electron chi connectivity index (χ3n) is 4.23.